The number of carbonyl (C=O) groups excluding carboxylic acids is 2. The van der Waals surface area contributed by atoms with Gasteiger partial charge in [-0.15, -0.1) is 0 Å². The van der Waals surface area contributed by atoms with Crippen LogP contribution in [-0.4, -0.2) is 90.7 Å². The molecule has 3 heterocycles. The number of fused-ring (bicyclic) bond motifs is 1. The lowest BCUT2D eigenvalue weighted by molar-refractivity contribution is -0.143. The lowest BCUT2D eigenvalue weighted by Crippen LogP contribution is -2.39. The van der Waals surface area contributed by atoms with Crippen LogP contribution in [0.2, 0.25) is 0 Å². The standard InChI is InChI=1S/C21H28N2O5.C9H19NO/c1-21(2)7-9-23(20(21)26)8-6-15-18(19(24)25)14(11-22(15)3)13-4-5-16-17(10-13)28-12-27-16;1-3-5-7-10(9-11)8-6-4-2/h4-5,10,14-15,18H,6-9,11-12H2,1-3H3,(H,24,25);9H,3-8H2,1-2H3. The minimum atomic E-state index is -0.787. The molecule has 2 amide bonds. The molecule has 3 aliphatic heterocycles. The van der Waals surface area contributed by atoms with E-state index in [4.69, 9.17) is 9.47 Å². The predicted octanol–water partition coefficient (Wildman–Crippen LogP) is 4.21. The fraction of sp³-hybridized carbons (Fsp3) is 0.700. The fourth-order valence-electron chi connectivity index (χ4n) is 5.79. The Hall–Kier alpha value is -2.81. The van der Waals surface area contributed by atoms with Gasteiger partial charge in [-0.05, 0) is 50.4 Å². The second-order valence-corrected chi connectivity index (χ2v) is 11.7. The van der Waals surface area contributed by atoms with Gasteiger partial charge in [0, 0.05) is 50.1 Å². The molecule has 39 heavy (non-hydrogen) atoms. The normalized spacial score (nSPS) is 23.5. The Morgan fingerprint density at radius 1 is 1.15 bits per heavy atom. The zero-order valence-corrected chi connectivity index (χ0v) is 24.4. The van der Waals surface area contributed by atoms with Gasteiger partial charge < -0.3 is 29.3 Å². The van der Waals surface area contributed by atoms with Gasteiger partial charge in [0.25, 0.3) is 0 Å². The number of unbranched alkanes of at least 4 members (excludes halogenated alkanes) is 2. The van der Waals surface area contributed by atoms with Crippen LogP contribution in [0.3, 0.4) is 0 Å². The van der Waals surface area contributed by atoms with Crippen LogP contribution in [0.15, 0.2) is 18.2 Å². The number of amides is 2. The number of nitrogens with zero attached hydrogens (tertiary/aromatic N) is 3. The highest BCUT2D eigenvalue weighted by atomic mass is 16.7. The number of aliphatic carboxylic acids is 1. The molecule has 9 nitrogen and oxygen atoms in total. The first kappa shape index (κ1) is 30.7. The summed E-state index contributed by atoms with van der Waals surface area (Å²) in [5.41, 5.74) is 0.660. The summed E-state index contributed by atoms with van der Waals surface area (Å²) in [4.78, 5) is 41.0. The highest BCUT2D eigenvalue weighted by Gasteiger charge is 2.46. The van der Waals surface area contributed by atoms with Crippen LogP contribution in [0, 0.1) is 11.3 Å². The monoisotopic (exact) mass is 545 g/mol. The number of carbonyl (C=O) groups is 3. The predicted molar refractivity (Wildman–Crippen MR) is 150 cm³/mol. The van der Waals surface area contributed by atoms with Crippen LogP contribution in [0.1, 0.15) is 77.7 Å². The number of hydrogen-bond acceptors (Lipinski definition) is 6. The third-order valence-corrected chi connectivity index (χ3v) is 8.32. The average molecular weight is 546 g/mol. The molecule has 1 aromatic rings. The number of hydrogen-bond donors (Lipinski definition) is 1. The van der Waals surface area contributed by atoms with Crippen molar-refractivity contribution in [3.63, 3.8) is 0 Å². The van der Waals surface area contributed by atoms with Crippen molar-refractivity contribution in [2.45, 2.75) is 78.2 Å². The Labute approximate surface area is 233 Å². The van der Waals surface area contributed by atoms with Gasteiger partial charge in [-0.3, -0.25) is 14.4 Å². The highest BCUT2D eigenvalue weighted by molar-refractivity contribution is 5.84. The van der Waals surface area contributed by atoms with Crippen LogP contribution in [-0.2, 0) is 14.4 Å². The quantitative estimate of drug-likeness (QED) is 0.393. The Balaban J connectivity index is 0.000000325. The van der Waals surface area contributed by atoms with Gasteiger partial charge in [0.2, 0.25) is 19.1 Å². The number of likely N-dealkylation sites (N-methyl/N-ethyl adjacent to an activating group) is 1. The van der Waals surface area contributed by atoms with Crippen LogP contribution in [0.25, 0.3) is 0 Å². The topological polar surface area (TPSA) is 99.6 Å². The molecule has 0 aliphatic carbocycles. The largest absolute Gasteiger partial charge is 0.481 e. The summed E-state index contributed by atoms with van der Waals surface area (Å²) >= 11 is 0. The maximum absolute atomic E-state index is 12.5. The number of likely N-dealkylation sites (tertiary alicyclic amines) is 2. The summed E-state index contributed by atoms with van der Waals surface area (Å²) in [6.07, 6.45) is 7.06. The van der Waals surface area contributed by atoms with E-state index >= 15 is 0 Å². The summed E-state index contributed by atoms with van der Waals surface area (Å²) in [6, 6.07) is 5.60. The van der Waals surface area contributed by atoms with E-state index in [0.29, 0.717) is 31.0 Å². The van der Waals surface area contributed by atoms with Gasteiger partial charge in [0.15, 0.2) is 11.5 Å². The first-order valence-electron chi connectivity index (χ1n) is 14.4. The summed E-state index contributed by atoms with van der Waals surface area (Å²) in [5.74, 6) is 0.132. The van der Waals surface area contributed by atoms with Crippen molar-refractivity contribution in [1.82, 2.24) is 14.7 Å². The van der Waals surface area contributed by atoms with Crippen molar-refractivity contribution in [3.8, 4) is 11.5 Å². The fourth-order valence-corrected chi connectivity index (χ4v) is 5.79. The highest BCUT2D eigenvalue weighted by Crippen LogP contribution is 2.42. The summed E-state index contributed by atoms with van der Waals surface area (Å²) in [6.45, 7) is 12.3. The molecule has 1 aromatic carbocycles. The smallest absolute Gasteiger partial charge is 0.308 e. The van der Waals surface area contributed by atoms with Crippen LogP contribution in [0.5, 0.6) is 11.5 Å². The average Bonchev–Trinajstić information content (AvgIpc) is 3.59. The number of carboxylic acids is 1. The maximum atomic E-state index is 12.5. The van der Waals surface area contributed by atoms with Crippen molar-refractivity contribution >= 4 is 18.3 Å². The molecule has 9 heteroatoms. The molecule has 218 valence electrons. The zero-order valence-electron chi connectivity index (χ0n) is 24.4. The third kappa shape index (κ3) is 7.65. The molecule has 3 unspecified atom stereocenters. The van der Waals surface area contributed by atoms with E-state index in [1.165, 1.54) is 0 Å². The molecule has 2 fully saturated rings. The molecule has 0 saturated carbocycles. The summed E-state index contributed by atoms with van der Waals surface area (Å²) in [7, 11) is 1.98. The summed E-state index contributed by atoms with van der Waals surface area (Å²) in [5, 5.41) is 9.99. The van der Waals surface area contributed by atoms with Gasteiger partial charge in [-0.25, -0.2) is 0 Å². The van der Waals surface area contributed by atoms with Crippen molar-refractivity contribution < 1.29 is 29.0 Å². The van der Waals surface area contributed by atoms with E-state index in [-0.39, 0.29) is 30.1 Å². The van der Waals surface area contributed by atoms with Gasteiger partial charge in [0.1, 0.15) is 0 Å². The minimum absolute atomic E-state index is 0.107. The van der Waals surface area contributed by atoms with E-state index in [9.17, 15) is 19.5 Å². The van der Waals surface area contributed by atoms with Gasteiger partial charge in [-0.1, -0.05) is 46.6 Å². The van der Waals surface area contributed by atoms with E-state index < -0.39 is 11.9 Å². The Morgan fingerprint density at radius 2 is 1.82 bits per heavy atom. The van der Waals surface area contributed by atoms with Gasteiger partial charge >= 0.3 is 5.97 Å². The molecule has 0 bridgehead atoms. The molecule has 0 aromatic heterocycles. The number of rotatable bonds is 12. The van der Waals surface area contributed by atoms with E-state index in [0.717, 1.165) is 63.7 Å². The number of carboxylic acid groups (broad SMARTS) is 1. The minimum Gasteiger partial charge on any atom is -0.481 e. The molecule has 1 N–H and O–H groups in total. The van der Waals surface area contributed by atoms with Crippen LogP contribution < -0.4 is 9.47 Å². The second-order valence-electron chi connectivity index (χ2n) is 11.7. The van der Waals surface area contributed by atoms with Gasteiger partial charge in [-0.2, -0.15) is 0 Å². The zero-order chi connectivity index (χ0) is 28.6. The molecule has 3 atom stereocenters. The first-order chi connectivity index (χ1) is 18.6. The molecular weight excluding hydrogens is 498 g/mol. The lowest BCUT2D eigenvalue weighted by atomic mass is 9.84. The number of benzene rings is 1. The van der Waals surface area contributed by atoms with Gasteiger partial charge in [0.05, 0.1) is 5.92 Å². The SMILES string of the molecule is CCCCN(C=O)CCCC.CN1CC(c2ccc3c(c2)OCO3)C(C(=O)O)C1CCN1CCC(C)(C)C1=O. The third-order valence-electron chi connectivity index (χ3n) is 8.32. The summed E-state index contributed by atoms with van der Waals surface area (Å²) < 4.78 is 10.8. The second kappa shape index (κ2) is 14.0. The van der Waals surface area contributed by atoms with E-state index in [1.807, 2.05) is 48.9 Å². The number of ether oxygens (including phenoxy) is 2. The molecule has 2 saturated heterocycles. The molecular formula is C30H47N3O6. The van der Waals surface area contributed by atoms with Crippen LogP contribution in [0.4, 0.5) is 0 Å². The van der Waals surface area contributed by atoms with Crippen molar-refractivity contribution in [3.05, 3.63) is 23.8 Å². The molecule has 0 spiro atoms. The molecule has 3 aliphatic rings. The lowest BCUT2D eigenvalue weighted by Gasteiger charge is -2.27. The van der Waals surface area contributed by atoms with Crippen LogP contribution >= 0.6 is 0 Å². The van der Waals surface area contributed by atoms with E-state index in [2.05, 4.69) is 18.7 Å². The van der Waals surface area contributed by atoms with Crippen molar-refractivity contribution in [1.29, 1.82) is 0 Å². The van der Waals surface area contributed by atoms with Crippen molar-refractivity contribution in [2.75, 3.05) is 46.6 Å². The first-order valence-corrected chi connectivity index (χ1v) is 14.4. The molecule has 0 radical (unpaired) electrons. The molecule has 4 rings (SSSR count). The van der Waals surface area contributed by atoms with Crippen molar-refractivity contribution in [2.24, 2.45) is 11.3 Å². The Bertz CT molecular complexity index is 975. The Kier molecular flexibility index (Phi) is 11.0. The Morgan fingerprint density at radius 3 is 2.38 bits per heavy atom. The maximum Gasteiger partial charge on any atom is 0.308 e. The van der Waals surface area contributed by atoms with E-state index in [1.54, 1.807) is 0 Å².